The topological polar surface area (TPSA) is 0 Å². The van der Waals surface area contributed by atoms with Gasteiger partial charge in [0.2, 0.25) is 0 Å². The van der Waals surface area contributed by atoms with Crippen molar-refractivity contribution in [2.45, 2.75) is 86.0 Å². The average molecular weight is 250 g/mol. The smallest absolute Gasteiger partial charge is 0.0229 e. The Labute approximate surface area is 115 Å². The number of rotatable bonds is 8. The lowest BCUT2D eigenvalue weighted by molar-refractivity contribution is 0.139. The standard InChI is InChI=1S/C18H34/c1-6-16(4)14-17(13-15(2)3)9-7-10-18(5)11-8-12-18/h13,16-17H,6-12,14H2,1-5H3. The van der Waals surface area contributed by atoms with Gasteiger partial charge in [0.1, 0.15) is 0 Å². The first-order valence-corrected chi connectivity index (χ1v) is 8.10. The van der Waals surface area contributed by atoms with Crippen LogP contribution in [-0.2, 0) is 0 Å². The van der Waals surface area contributed by atoms with Crippen molar-refractivity contribution in [2.75, 3.05) is 0 Å². The van der Waals surface area contributed by atoms with Crippen molar-refractivity contribution in [3.05, 3.63) is 11.6 Å². The van der Waals surface area contributed by atoms with Crippen LogP contribution in [0.25, 0.3) is 0 Å². The van der Waals surface area contributed by atoms with E-state index in [2.05, 4.69) is 40.7 Å². The molecular formula is C18H34. The summed E-state index contributed by atoms with van der Waals surface area (Å²) in [6, 6.07) is 0. The minimum absolute atomic E-state index is 0.714. The fourth-order valence-electron chi connectivity index (χ4n) is 3.25. The van der Waals surface area contributed by atoms with Crippen LogP contribution in [0.2, 0.25) is 0 Å². The van der Waals surface area contributed by atoms with E-state index in [1.165, 1.54) is 56.9 Å². The molecule has 0 N–H and O–H groups in total. The molecule has 106 valence electrons. The summed E-state index contributed by atoms with van der Waals surface area (Å²) in [5.41, 5.74) is 2.21. The van der Waals surface area contributed by atoms with Gasteiger partial charge in [0.15, 0.2) is 0 Å². The van der Waals surface area contributed by atoms with Crippen molar-refractivity contribution >= 4 is 0 Å². The minimum atomic E-state index is 0.714. The molecular weight excluding hydrogens is 216 g/mol. The summed E-state index contributed by atoms with van der Waals surface area (Å²) in [6.45, 7) is 11.7. The van der Waals surface area contributed by atoms with E-state index in [1.807, 2.05) is 0 Å². The third-order valence-electron chi connectivity index (χ3n) is 4.89. The van der Waals surface area contributed by atoms with Crippen molar-refractivity contribution < 1.29 is 0 Å². The third-order valence-corrected chi connectivity index (χ3v) is 4.89. The van der Waals surface area contributed by atoms with Gasteiger partial charge in [-0.1, -0.05) is 51.7 Å². The van der Waals surface area contributed by atoms with Crippen LogP contribution in [0.15, 0.2) is 11.6 Å². The van der Waals surface area contributed by atoms with E-state index in [4.69, 9.17) is 0 Å². The quantitative estimate of drug-likeness (QED) is 0.439. The Bertz CT molecular complexity index is 253. The summed E-state index contributed by atoms with van der Waals surface area (Å²) in [5, 5.41) is 0. The number of allylic oxidation sites excluding steroid dienone is 2. The molecule has 0 spiro atoms. The van der Waals surface area contributed by atoms with Gasteiger partial charge in [0.05, 0.1) is 0 Å². The van der Waals surface area contributed by atoms with Crippen molar-refractivity contribution in [1.82, 2.24) is 0 Å². The highest BCUT2D eigenvalue weighted by molar-refractivity contribution is 4.98. The Morgan fingerprint density at radius 1 is 1.28 bits per heavy atom. The van der Waals surface area contributed by atoms with Gasteiger partial charge >= 0.3 is 0 Å². The molecule has 0 bridgehead atoms. The van der Waals surface area contributed by atoms with Gasteiger partial charge < -0.3 is 0 Å². The van der Waals surface area contributed by atoms with Gasteiger partial charge in [-0.05, 0) is 63.2 Å². The van der Waals surface area contributed by atoms with E-state index in [0.29, 0.717) is 5.41 Å². The fraction of sp³-hybridized carbons (Fsp3) is 0.889. The van der Waals surface area contributed by atoms with Crippen molar-refractivity contribution in [1.29, 1.82) is 0 Å². The van der Waals surface area contributed by atoms with E-state index in [9.17, 15) is 0 Å². The fourth-order valence-corrected chi connectivity index (χ4v) is 3.25. The zero-order valence-corrected chi connectivity index (χ0v) is 13.4. The van der Waals surface area contributed by atoms with E-state index in [1.54, 1.807) is 0 Å². The zero-order chi connectivity index (χ0) is 13.6. The molecule has 1 saturated carbocycles. The molecule has 1 rings (SSSR count). The molecule has 0 aliphatic heterocycles. The predicted molar refractivity (Wildman–Crippen MR) is 82.8 cm³/mol. The van der Waals surface area contributed by atoms with Crippen LogP contribution in [0.3, 0.4) is 0 Å². The minimum Gasteiger partial charge on any atom is -0.0828 e. The monoisotopic (exact) mass is 250 g/mol. The van der Waals surface area contributed by atoms with Gasteiger partial charge in [-0.25, -0.2) is 0 Å². The van der Waals surface area contributed by atoms with Crippen LogP contribution in [0, 0.1) is 17.3 Å². The van der Waals surface area contributed by atoms with E-state index >= 15 is 0 Å². The lowest BCUT2D eigenvalue weighted by Crippen LogP contribution is -2.25. The summed E-state index contributed by atoms with van der Waals surface area (Å²) in [4.78, 5) is 0. The molecule has 2 unspecified atom stereocenters. The Morgan fingerprint density at radius 2 is 1.94 bits per heavy atom. The van der Waals surface area contributed by atoms with Gasteiger partial charge in [-0.3, -0.25) is 0 Å². The molecule has 0 nitrogen and oxygen atoms in total. The van der Waals surface area contributed by atoms with Crippen LogP contribution >= 0.6 is 0 Å². The maximum atomic E-state index is 2.52. The van der Waals surface area contributed by atoms with Crippen LogP contribution in [-0.4, -0.2) is 0 Å². The highest BCUT2D eigenvalue weighted by Gasteiger charge is 2.30. The first-order chi connectivity index (χ1) is 8.45. The SMILES string of the molecule is CCC(C)CC(C=C(C)C)CCCC1(C)CCC1. The highest BCUT2D eigenvalue weighted by atomic mass is 14.4. The molecule has 0 amide bonds. The Hall–Kier alpha value is -0.260. The number of hydrogen-bond donors (Lipinski definition) is 0. The molecule has 1 fully saturated rings. The molecule has 0 radical (unpaired) electrons. The lowest BCUT2D eigenvalue weighted by atomic mass is 9.67. The second-order valence-electron chi connectivity index (χ2n) is 7.31. The highest BCUT2D eigenvalue weighted by Crippen LogP contribution is 2.44. The van der Waals surface area contributed by atoms with Crippen molar-refractivity contribution in [2.24, 2.45) is 17.3 Å². The Morgan fingerprint density at radius 3 is 2.39 bits per heavy atom. The first kappa shape index (κ1) is 15.8. The second-order valence-corrected chi connectivity index (χ2v) is 7.31. The largest absolute Gasteiger partial charge is 0.0828 e. The molecule has 18 heavy (non-hydrogen) atoms. The molecule has 0 saturated heterocycles. The second kappa shape index (κ2) is 7.36. The van der Waals surface area contributed by atoms with E-state index < -0.39 is 0 Å². The Balaban J connectivity index is 2.33. The molecule has 0 heteroatoms. The predicted octanol–water partition coefficient (Wildman–Crippen LogP) is 6.37. The molecule has 0 aromatic heterocycles. The summed E-state index contributed by atoms with van der Waals surface area (Å²) in [7, 11) is 0. The molecule has 1 aliphatic rings. The maximum absolute atomic E-state index is 2.52. The Kier molecular flexibility index (Phi) is 6.46. The normalized spacial score (nSPS) is 20.9. The van der Waals surface area contributed by atoms with Crippen molar-refractivity contribution in [3.63, 3.8) is 0 Å². The summed E-state index contributed by atoms with van der Waals surface area (Å²) in [6.07, 6.45) is 14.0. The molecule has 0 aromatic carbocycles. The van der Waals surface area contributed by atoms with Gasteiger partial charge in [0, 0.05) is 0 Å². The molecule has 2 atom stereocenters. The van der Waals surface area contributed by atoms with Crippen LogP contribution in [0.1, 0.15) is 86.0 Å². The third kappa shape index (κ3) is 5.59. The summed E-state index contributed by atoms with van der Waals surface area (Å²) in [5.74, 6) is 1.71. The average Bonchev–Trinajstić information content (AvgIpc) is 2.25. The first-order valence-electron chi connectivity index (χ1n) is 8.10. The van der Waals surface area contributed by atoms with E-state index in [-0.39, 0.29) is 0 Å². The van der Waals surface area contributed by atoms with Crippen LogP contribution in [0.4, 0.5) is 0 Å². The molecule has 0 aromatic rings. The summed E-state index contributed by atoms with van der Waals surface area (Å²) >= 11 is 0. The van der Waals surface area contributed by atoms with Crippen LogP contribution in [0.5, 0.6) is 0 Å². The van der Waals surface area contributed by atoms with Crippen LogP contribution < -0.4 is 0 Å². The van der Waals surface area contributed by atoms with E-state index in [0.717, 1.165) is 11.8 Å². The molecule has 1 aliphatic carbocycles. The van der Waals surface area contributed by atoms with Gasteiger partial charge in [-0.15, -0.1) is 0 Å². The van der Waals surface area contributed by atoms with Gasteiger partial charge in [0.25, 0.3) is 0 Å². The van der Waals surface area contributed by atoms with Gasteiger partial charge in [-0.2, -0.15) is 0 Å². The maximum Gasteiger partial charge on any atom is -0.0229 e. The number of hydrogen-bond acceptors (Lipinski definition) is 0. The summed E-state index contributed by atoms with van der Waals surface area (Å²) < 4.78 is 0. The molecule has 0 heterocycles. The zero-order valence-electron chi connectivity index (χ0n) is 13.4. The van der Waals surface area contributed by atoms with Crippen molar-refractivity contribution in [3.8, 4) is 0 Å². The lowest BCUT2D eigenvalue weighted by Gasteiger charge is -2.38.